The van der Waals surface area contributed by atoms with Crippen molar-refractivity contribution in [3.05, 3.63) is 23.8 Å². The van der Waals surface area contributed by atoms with E-state index in [0.29, 0.717) is 11.4 Å². The van der Waals surface area contributed by atoms with Crippen LogP contribution in [0.25, 0.3) is 0 Å². The van der Waals surface area contributed by atoms with E-state index in [9.17, 15) is 4.79 Å². The Morgan fingerprint density at radius 3 is 3.21 bits per heavy atom. The zero-order chi connectivity index (χ0) is 13.5. The molecule has 2 fully saturated rings. The lowest BCUT2D eigenvalue weighted by molar-refractivity contribution is -0.137. The molecule has 2 saturated carbocycles. The van der Waals surface area contributed by atoms with Gasteiger partial charge in [0.05, 0.1) is 0 Å². The number of hydrogen-bond donors (Lipinski definition) is 0. The third kappa shape index (κ3) is 2.36. The highest BCUT2D eigenvalue weighted by molar-refractivity contribution is 8.00. The molecule has 3 aliphatic rings. The Labute approximate surface area is 123 Å². The van der Waals surface area contributed by atoms with Crippen LogP contribution >= 0.6 is 23.4 Å². The highest BCUT2D eigenvalue weighted by atomic mass is 35.5. The second-order valence-corrected chi connectivity index (χ2v) is 7.78. The topological polar surface area (TPSA) is 26.3 Å². The molecule has 4 atom stereocenters. The van der Waals surface area contributed by atoms with Gasteiger partial charge in [0, 0.05) is 10.5 Å². The first kappa shape index (κ1) is 13.6. The molecule has 2 bridgehead atoms. The van der Waals surface area contributed by atoms with Crippen LogP contribution in [0.1, 0.15) is 25.7 Å². The van der Waals surface area contributed by atoms with Crippen molar-refractivity contribution >= 4 is 29.3 Å². The van der Waals surface area contributed by atoms with Crippen LogP contribution in [0.2, 0.25) is 0 Å². The molecule has 0 heterocycles. The number of carbonyl (C=O) groups is 1. The third-order valence-electron chi connectivity index (χ3n) is 4.90. The van der Waals surface area contributed by atoms with Crippen LogP contribution < -0.4 is 0 Å². The number of ether oxygens (including phenoxy) is 1. The van der Waals surface area contributed by atoms with E-state index in [1.807, 2.05) is 11.8 Å². The first-order valence-corrected chi connectivity index (χ1v) is 8.31. The molecule has 104 valence electrons. The minimum atomic E-state index is -0.492. The van der Waals surface area contributed by atoms with E-state index in [1.165, 1.54) is 25.7 Å². The summed E-state index contributed by atoms with van der Waals surface area (Å²) in [5.41, 5.74) is 0. The summed E-state index contributed by atoms with van der Waals surface area (Å²) in [6, 6.07) is 0. The first-order chi connectivity index (χ1) is 9.12. The SMILES string of the molecule is C=C(Cl)C(=O)OCCSC12CCC(C1)C1CC=CC12. The number of esters is 1. The van der Waals surface area contributed by atoms with E-state index in [2.05, 4.69) is 18.7 Å². The Bertz CT molecular complexity index is 434. The van der Waals surface area contributed by atoms with E-state index in [4.69, 9.17) is 16.3 Å². The van der Waals surface area contributed by atoms with Crippen molar-refractivity contribution in [3.8, 4) is 0 Å². The fraction of sp³-hybridized carbons (Fsp3) is 0.667. The quantitative estimate of drug-likeness (QED) is 0.334. The Hall–Kier alpha value is -0.410. The molecule has 4 unspecified atom stereocenters. The van der Waals surface area contributed by atoms with Crippen LogP contribution in [0.15, 0.2) is 23.8 Å². The lowest BCUT2D eigenvalue weighted by Gasteiger charge is -2.34. The second kappa shape index (κ2) is 5.17. The van der Waals surface area contributed by atoms with Crippen molar-refractivity contribution in [2.24, 2.45) is 17.8 Å². The predicted molar refractivity (Wildman–Crippen MR) is 79.2 cm³/mol. The second-order valence-electron chi connectivity index (χ2n) is 5.81. The Balaban J connectivity index is 1.51. The molecule has 0 spiro atoms. The van der Waals surface area contributed by atoms with Gasteiger partial charge in [-0.1, -0.05) is 30.3 Å². The van der Waals surface area contributed by atoms with Gasteiger partial charge in [-0.05, 0) is 43.4 Å². The minimum Gasteiger partial charge on any atom is -0.461 e. The van der Waals surface area contributed by atoms with Gasteiger partial charge in [0.15, 0.2) is 0 Å². The summed E-state index contributed by atoms with van der Waals surface area (Å²) in [6.07, 6.45) is 10.1. The zero-order valence-electron chi connectivity index (χ0n) is 10.9. The molecule has 19 heavy (non-hydrogen) atoms. The zero-order valence-corrected chi connectivity index (χ0v) is 12.5. The monoisotopic (exact) mass is 298 g/mol. The normalized spacial score (nSPS) is 38.5. The fourth-order valence-corrected chi connectivity index (χ4v) is 5.82. The van der Waals surface area contributed by atoms with Crippen LogP contribution in [0.4, 0.5) is 0 Å². The van der Waals surface area contributed by atoms with Crippen molar-refractivity contribution in [2.75, 3.05) is 12.4 Å². The van der Waals surface area contributed by atoms with Gasteiger partial charge in [-0.15, -0.1) is 0 Å². The van der Waals surface area contributed by atoms with E-state index >= 15 is 0 Å². The Kier molecular flexibility index (Phi) is 3.69. The molecule has 4 heteroatoms. The average molecular weight is 299 g/mol. The maximum absolute atomic E-state index is 11.2. The summed E-state index contributed by atoms with van der Waals surface area (Å²) in [5.74, 6) is 2.95. The van der Waals surface area contributed by atoms with Gasteiger partial charge < -0.3 is 4.74 Å². The standard InChI is InChI=1S/C15H19ClO2S/c1-10(16)14(17)18-7-8-19-15-6-5-11(9-15)12-3-2-4-13(12)15/h2,4,11-13H,1,3,5-9H2. The smallest absolute Gasteiger partial charge is 0.349 e. The largest absolute Gasteiger partial charge is 0.461 e. The molecule has 3 rings (SSSR count). The Morgan fingerprint density at radius 2 is 2.42 bits per heavy atom. The molecule has 0 aromatic rings. The number of allylic oxidation sites excluding steroid dienone is 2. The summed E-state index contributed by atoms with van der Waals surface area (Å²) in [5, 5.41) is -0.0382. The van der Waals surface area contributed by atoms with E-state index < -0.39 is 5.97 Å². The molecular weight excluding hydrogens is 280 g/mol. The number of fused-ring (bicyclic) bond motifs is 5. The highest BCUT2D eigenvalue weighted by Gasteiger charge is 2.57. The van der Waals surface area contributed by atoms with E-state index in [0.717, 1.165) is 23.5 Å². The van der Waals surface area contributed by atoms with Crippen molar-refractivity contribution < 1.29 is 9.53 Å². The highest BCUT2D eigenvalue weighted by Crippen LogP contribution is 2.64. The summed E-state index contributed by atoms with van der Waals surface area (Å²) >= 11 is 7.49. The summed E-state index contributed by atoms with van der Waals surface area (Å²) in [6.45, 7) is 3.80. The number of halogens is 1. The number of carbonyl (C=O) groups excluding carboxylic acids is 1. The van der Waals surface area contributed by atoms with Gasteiger partial charge >= 0.3 is 5.97 Å². The van der Waals surface area contributed by atoms with E-state index in [-0.39, 0.29) is 5.03 Å². The summed E-state index contributed by atoms with van der Waals surface area (Å²) < 4.78 is 5.49. The first-order valence-electron chi connectivity index (χ1n) is 6.94. The predicted octanol–water partition coefficient (Wildman–Crippen LogP) is 3.76. The number of hydrogen-bond acceptors (Lipinski definition) is 3. The van der Waals surface area contributed by atoms with Crippen LogP contribution in [0.5, 0.6) is 0 Å². The third-order valence-corrected chi connectivity index (χ3v) is 6.64. The van der Waals surface area contributed by atoms with Crippen molar-refractivity contribution in [1.82, 2.24) is 0 Å². The molecule has 3 aliphatic carbocycles. The van der Waals surface area contributed by atoms with Crippen molar-refractivity contribution in [3.63, 3.8) is 0 Å². The molecule has 0 aliphatic heterocycles. The average Bonchev–Trinajstić information content (AvgIpc) is 3.05. The van der Waals surface area contributed by atoms with E-state index in [1.54, 1.807) is 0 Å². The van der Waals surface area contributed by atoms with Gasteiger partial charge in [0.2, 0.25) is 0 Å². The van der Waals surface area contributed by atoms with Gasteiger partial charge in [-0.3, -0.25) is 0 Å². The summed E-state index contributed by atoms with van der Waals surface area (Å²) in [7, 11) is 0. The molecule has 2 nitrogen and oxygen atoms in total. The lowest BCUT2D eigenvalue weighted by Crippen LogP contribution is -2.31. The van der Waals surface area contributed by atoms with Crippen LogP contribution in [-0.4, -0.2) is 23.1 Å². The number of rotatable bonds is 5. The van der Waals surface area contributed by atoms with Crippen molar-refractivity contribution in [2.45, 2.75) is 30.4 Å². The van der Waals surface area contributed by atoms with Crippen LogP contribution in [0, 0.1) is 17.8 Å². The van der Waals surface area contributed by atoms with Crippen LogP contribution in [0.3, 0.4) is 0 Å². The molecule has 0 N–H and O–H groups in total. The molecule has 0 saturated heterocycles. The molecule has 0 aromatic carbocycles. The maximum Gasteiger partial charge on any atom is 0.349 e. The Morgan fingerprint density at radius 1 is 1.58 bits per heavy atom. The molecule has 0 radical (unpaired) electrons. The van der Waals surface area contributed by atoms with Gasteiger partial charge in [0.1, 0.15) is 11.6 Å². The van der Waals surface area contributed by atoms with Crippen LogP contribution in [-0.2, 0) is 9.53 Å². The fourth-order valence-electron chi connectivity index (χ4n) is 4.15. The maximum atomic E-state index is 11.2. The van der Waals surface area contributed by atoms with Crippen molar-refractivity contribution in [1.29, 1.82) is 0 Å². The lowest BCUT2D eigenvalue weighted by atomic mass is 9.81. The van der Waals surface area contributed by atoms with Gasteiger partial charge in [-0.25, -0.2) is 4.79 Å². The van der Waals surface area contributed by atoms with Gasteiger partial charge in [-0.2, -0.15) is 11.8 Å². The van der Waals surface area contributed by atoms with Gasteiger partial charge in [0.25, 0.3) is 0 Å². The molecule has 0 amide bonds. The molecular formula is C15H19ClO2S. The summed E-state index contributed by atoms with van der Waals surface area (Å²) in [4.78, 5) is 11.2. The number of thioether (sulfide) groups is 1. The minimum absolute atomic E-state index is 0.0382. The molecule has 0 aromatic heterocycles.